The Hall–Kier alpha value is -2.24. The second kappa shape index (κ2) is 5.87. The molecule has 1 heterocycles. The zero-order chi connectivity index (χ0) is 16.5. The Balaban J connectivity index is 2.30. The van der Waals surface area contributed by atoms with E-state index < -0.39 is 23.6 Å². The number of likely N-dealkylation sites (tertiary alicyclic amines) is 1. The molecule has 6 nitrogen and oxygen atoms in total. The minimum absolute atomic E-state index is 0.150. The largest absolute Gasteiger partial charge is 0.508 e. The zero-order valence-corrected chi connectivity index (χ0v) is 13.1. The van der Waals surface area contributed by atoms with Gasteiger partial charge < -0.3 is 15.6 Å². The SMILES string of the molecule is CC(C)(C)OC(=O)N1[C@@H](C(N)=O)CC[C@H]1c1ccc(O)cc1. The number of aromatic hydroxyl groups is 1. The Morgan fingerprint density at radius 2 is 1.82 bits per heavy atom. The van der Waals surface area contributed by atoms with E-state index in [0.717, 1.165) is 5.56 Å². The van der Waals surface area contributed by atoms with Crippen LogP contribution in [0.25, 0.3) is 0 Å². The first kappa shape index (κ1) is 16.1. The van der Waals surface area contributed by atoms with E-state index in [1.165, 1.54) is 4.90 Å². The van der Waals surface area contributed by atoms with Crippen molar-refractivity contribution in [3.05, 3.63) is 29.8 Å². The van der Waals surface area contributed by atoms with Crippen molar-refractivity contribution in [3.63, 3.8) is 0 Å². The molecule has 6 heteroatoms. The number of carbonyl (C=O) groups excluding carboxylic acids is 2. The average Bonchev–Trinajstić information content (AvgIpc) is 2.82. The molecule has 0 spiro atoms. The molecule has 1 aliphatic heterocycles. The molecule has 120 valence electrons. The van der Waals surface area contributed by atoms with Crippen molar-refractivity contribution in [1.82, 2.24) is 4.90 Å². The summed E-state index contributed by atoms with van der Waals surface area (Å²) in [5, 5.41) is 9.39. The molecule has 2 rings (SSSR count). The molecular formula is C16H22N2O4. The van der Waals surface area contributed by atoms with Crippen molar-refractivity contribution >= 4 is 12.0 Å². The minimum atomic E-state index is -0.673. The van der Waals surface area contributed by atoms with Crippen LogP contribution < -0.4 is 5.73 Å². The lowest BCUT2D eigenvalue weighted by atomic mass is 10.0. The van der Waals surface area contributed by atoms with E-state index in [0.29, 0.717) is 12.8 Å². The number of phenols is 1. The number of amides is 2. The van der Waals surface area contributed by atoms with Crippen molar-refractivity contribution in [3.8, 4) is 5.75 Å². The molecule has 0 unspecified atom stereocenters. The van der Waals surface area contributed by atoms with Gasteiger partial charge in [-0.15, -0.1) is 0 Å². The summed E-state index contributed by atoms with van der Waals surface area (Å²) in [6.45, 7) is 5.32. The maximum absolute atomic E-state index is 12.5. The molecule has 1 aromatic rings. The number of nitrogens with two attached hydrogens (primary N) is 1. The summed E-state index contributed by atoms with van der Waals surface area (Å²) < 4.78 is 5.41. The number of nitrogens with zero attached hydrogens (tertiary/aromatic N) is 1. The molecular weight excluding hydrogens is 284 g/mol. The summed E-state index contributed by atoms with van der Waals surface area (Å²) in [6.07, 6.45) is 0.574. The number of benzene rings is 1. The number of hydrogen-bond acceptors (Lipinski definition) is 4. The highest BCUT2D eigenvalue weighted by molar-refractivity contribution is 5.85. The van der Waals surface area contributed by atoms with E-state index >= 15 is 0 Å². The van der Waals surface area contributed by atoms with E-state index in [-0.39, 0.29) is 11.8 Å². The fourth-order valence-corrected chi connectivity index (χ4v) is 2.68. The van der Waals surface area contributed by atoms with Crippen molar-refractivity contribution in [1.29, 1.82) is 0 Å². The summed E-state index contributed by atoms with van der Waals surface area (Å²) in [4.78, 5) is 25.5. The van der Waals surface area contributed by atoms with Crippen LogP contribution in [0.1, 0.15) is 45.2 Å². The normalized spacial score (nSPS) is 21.7. The monoisotopic (exact) mass is 306 g/mol. The summed E-state index contributed by atoms with van der Waals surface area (Å²) in [5.74, 6) is -0.385. The van der Waals surface area contributed by atoms with Crippen LogP contribution in [0.4, 0.5) is 4.79 Å². The van der Waals surface area contributed by atoms with Gasteiger partial charge in [0.2, 0.25) is 5.91 Å². The summed E-state index contributed by atoms with van der Waals surface area (Å²) >= 11 is 0. The van der Waals surface area contributed by atoms with Gasteiger partial charge in [-0.1, -0.05) is 12.1 Å². The number of hydrogen-bond donors (Lipinski definition) is 2. The van der Waals surface area contributed by atoms with Gasteiger partial charge in [0.25, 0.3) is 0 Å². The fraction of sp³-hybridized carbons (Fsp3) is 0.500. The molecule has 1 saturated heterocycles. The Kier molecular flexibility index (Phi) is 4.30. The van der Waals surface area contributed by atoms with Crippen LogP contribution in [0.5, 0.6) is 5.75 Å². The molecule has 0 saturated carbocycles. The van der Waals surface area contributed by atoms with Crippen LogP contribution in [-0.2, 0) is 9.53 Å². The van der Waals surface area contributed by atoms with Gasteiger partial charge in [0.1, 0.15) is 17.4 Å². The van der Waals surface area contributed by atoms with Gasteiger partial charge >= 0.3 is 6.09 Å². The Labute approximate surface area is 129 Å². The van der Waals surface area contributed by atoms with E-state index in [4.69, 9.17) is 10.5 Å². The smallest absolute Gasteiger partial charge is 0.411 e. The molecule has 1 aliphatic rings. The minimum Gasteiger partial charge on any atom is -0.508 e. The van der Waals surface area contributed by atoms with Crippen molar-refractivity contribution < 1.29 is 19.4 Å². The van der Waals surface area contributed by atoms with Gasteiger partial charge in [-0.2, -0.15) is 0 Å². The predicted octanol–water partition coefficient (Wildman–Crippen LogP) is 2.32. The Bertz CT molecular complexity index is 563. The highest BCUT2D eigenvalue weighted by atomic mass is 16.6. The molecule has 0 aliphatic carbocycles. The van der Waals surface area contributed by atoms with Crippen LogP contribution >= 0.6 is 0 Å². The van der Waals surface area contributed by atoms with Gasteiger partial charge in [0.15, 0.2) is 0 Å². The third-order valence-electron chi connectivity index (χ3n) is 3.60. The maximum Gasteiger partial charge on any atom is 0.411 e. The van der Waals surface area contributed by atoms with E-state index in [1.807, 2.05) is 0 Å². The van der Waals surface area contributed by atoms with Gasteiger partial charge in [-0.3, -0.25) is 9.69 Å². The second-order valence-corrected chi connectivity index (χ2v) is 6.49. The second-order valence-electron chi connectivity index (χ2n) is 6.49. The third-order valence-corrected chi connectivity index (χ3v) is 3.60. The molecule has 0 aromatic heterocycles. The average molecular weight is 306 g/mol. The number of carbonyl (C=O) groups is 2. The molecule has 0 radical (unpaired) electrons. The first-order chi connectivity index (χ1) is 10.2. The zero-order valence-electron chi connectivity index (χ0n) is 13.1. The van der Waals surface area contributed by atoms with Gasteiger partial charge in [-0.05, 0) is 51.3 Å². The van der Waals surface area contributed by atoms with E-state index in [9.17, 15) is 14.7 Å². The lowest BCUT2D eigenvalue weighted by Crippen LogP contribution is -2.46. The number of phenolic OH excluding ortho intramolecular Hbond substituents is 1. The number of primary amides is 1. The van der Waals surface area contributed by atoms with Crippen molar-refractivity contribution in [2.75, 3.05) is 0 Å². The van der Waals surface area contributed by atoms with E-state index in [2.05, 4.69) is 0 Å². The van der Waals surface area contributed by atoms with Crippen LogP contribution in [0, 0.1) is 0 Å². The lowest BCUT2D eigenvalue weighted by molar-refractivity contribution is -0.122. The molecule has 1 fully saturated rings. The van der Waals surface area contributed by atoms with Gasteiger partial charge in [-0.25, -0.2) is 4.79 Å². The fourth-order valence-electron chi connectivity index (χ4n) is 2.68. The van der Waals surface area contributed by atoms with Crippen LogP contribution in [0.3, 0.4) is 0 Å². The van der Waals surface area contributed by atoms with Crippen LogP contribution in [0.15, 0.2) is 24.3 Å². The van der Waals surface area contributed by atoms with E-state index in [1.54, 1.807) is 45.0 Å². The topological polar surface area (TPSA) is 92.9 Å². The van der Waals surface area contributed by atoms with Crippen molar-refractivity contribution in [2.45, 2.75) is 51.3 Å². The molecule has 1 aromatic carbocycles. The quantitative estimate of drug-likeness (QED) is 0.877. The van der Waals surface area contributed by atoms with Gasteiger partial charge in [0.05, 0.1) is 6.04 Å². The summed E-state index contributed by atoms with van der Waals surface area (Å²) in [7, 11) is 0. The lowest BCUT2D eigenvalue weighted by Gasteiger charge is -2.31. The predicted molar refractivity (Wildman–Crippen MR) is 81.1 cm³/mol. The summed E-state index contributed by atoms with van der Waals surface area (Å²) in [6, 6.07) is 5.63. The highest BCUT2D eigenvalue weighted by Crippen LogP contribution is 2.37. The first-order valence-corrected chi connectivity index (χ1v) is 7.28. The number of ether oxygens (including phenoxy) is 1. The molecule has 2 amide bonds. The molecule has 2 atom stereocenters. The number of rotatable bonds is 2. The Morgan fingerprint density at radius 1 is 1.23 bits per heavy atom. The highest BCUT2D eigenvalue weighted by Gasteiger charge is 2.42. The van der Waals surface area contributed by atoms with Gasteiger partial charge in [0, 0.05) is 0 Å². The molecule has 0 bridgehead atoms. The Morgan fingerprint density at radius 3 is 2.32 bits per heavy atom. The molecule has 3 N–H and O–H groups in total. The van der Waals surface area contributed by atoms with Crippen LogP contribution in [-0.4, -0.2) is 33.6 Å². The maximum atomic E-state index is 12.5. The third kappa shape index (κ3) is 3.50. The standard InChI is InChI=1S/C16H22N2O4/c1-16(2,3)22-15(21)18-12(8-9-13(18)14(17)20)10-4-6-11(19)7-5-10/h4-7,12-13,19H,8-9H2,1-3H3,(H2,17,20)/t12-,13+/m0/s1. The van der Waals surface area contributed by atoms with Crippen LogP contribution in [0.2, 0.25) is 0 Å². The summed E-state index contributed by atoms with van der Waals surface area (Å²) in [5.41, 5.74) is 5.61. The molecule has 22 heavy (non-hydrogen) atoms. The first-order valence-electron chi connectivity index (χ1n) is 7.28. The van der Waals surface area contributed by atoms with Crippen molar-refractivity contribution in [2.24, 2.45) is 5.73 Å².